The van der Waals surface area contributed by atoms with Gasteiger partial charge in [-0.15, -0.1) is 11.8 Å². The van der Waals surface area contributed by atoms with E-state index in [1.807, 2.05) is 59.3 Å². The maximum atomic E-state index is 14.6. The normalized spacial score (nSPS) is 21.7. The third-order valence-corrected chi connectivity index (χ3v) is 22.7. The Balaban J connectivity index is 0.736. The predicted octanol–water partition coefficient (Wildman–Crippen LogP) is 10.4. The van der Waals surface area contributed by atoms with Crippen molar-refractivity contribution in [2.24, 2.45) is 5.41 Å². The fourth-order valence-electron chi connectivity index (χ4n) is 13.2. The van der Waals surface area contributed by atoms with Gasteiger partial charge in [-0.05, 0) is 161 Å². The van der Waals surface area contributed by atoms with Crippen LogP contribution in [0.1, 0.15) is 103 Å². The molecule has 4 amide bonds. The summed E-state index contributed by atoms with van der Waals surface area (Å²) in [5.74, 6) is -1.82. The zero-order valence-electron chi connectivity index (χ0n) is 48.3. The lowest BCUT2D eigenvalue weighted by molar-refractivity contribution is -0.136. The molecule has 5 aromatic carbocycles. The van der Waals surface area contributed by atoms with Crippen molar-refractivity contribution in [3.8, 4) is 0 Å². The van der Waals surface area contributed by atoms with Crippen molar-refractivity contribution in [3.63, 3.8) is 0 Å². The highest BCUT2D eigenvalue weighted by Crippen LogP contribution is 2.44. The standard InChI is InChI=1S/C63H69BrClF3N8O8S3/c1-62(2)24-22-52(41-8-12-45(65)13-9-41)44(33-62)35-72-26-28-74(29-27-72)47-14-10-42(11-15-47)59(78)71-87(83,84)51-18-19-54(56(32-51)86(81,82)63(66,67)68)69-46(39-85-50-6-4-3-5-7-50)23-25-73-37-48-16-17-49(38-73)75(48)34-40-30-43-36-76(61(80)58(43)53(64)31-40)55-20-21-57(77)70-60(55)79/h3-15,18-19,30-32,46,48-49,55,69H,16-17,20-29,33-39H2,1-2H3,(H,71,78)(H,70,77,79)/t46-,48?,49?,55?/m1/s1. The van der Waals surface area contributed by atoms with E-state index in [9.17, 15) is 49.2 Å². The fraction of sp³-hybridized carbons (Fsp3) is 0.429. The van der Waals surface area contributed by atoms with E-state index in [1.165, 1.54) is 45.5 Å². The minimum absolute atomic E-state index is 0.0233. The summed E-state index contributed by atoms with van der Waals surface area (Å²) in [7, 11) is -11.1. The minimum Gasteiger partial charge on any atom is -0.380 e. The average molecular weight is 1330 g/mol. The monoisotopic (exact) mass is 1330 g/mol. The maximum Gasteiger partial charge on any atom is 0.501 e. The summed E-state index contributed by atoms with van der Waals surface area (Å²) >= 11 is 11.3. The Labute approximate surface area is 523 Å². The number of hydrogen-bond acceptors (Lipinski definition) is 14. The number of nitrogens with zero attached hydrogens (tertiary/aromatic N) is 5. The van der Waals surface area contributed by atoms with Crippen molar-refractivity contribution in [3.05, 3.63) is 152 Å². The molecule has 11 rings (SSSR count). The number of thioether (sulfide) groups is 1. The van der Waals surface area contributed by atoms with Gasteiger partial charge in [0, 0.05) is 121 Å². The van der Waals surface area contributed by atoms with E-state index >= 15 is 0 Å². The van der Waals surface area contributed by atoms with Crippen LogP contribution in [0.3, 0.4) is 0 Å². The van der Waals surface area contributed by atoms with Gasteiger partial charge in [-0.3, -0.25) is 34.3 Å². The Morgan fingerprint density at radius 3 is 2.22 bits per heavy atom. The number of piperidine rings is 1. The van der Waals surface area contributed by atoms with Gasteiger partial charge >= 0.3 is 5.51 Å². The van der Waals surface area contributed by atoms with Crippen LogP contribution in [0.2, 0.25) is 5.02 Å². The largest absolute Gasteiger partial charge is 0.501 e. The molecule has 6 aliphatic rings. The second-order valence-corrected chi connectivity index (χ2v) is 30.3. The quantitative estimate of drug-likeness (QED) is 0.0523. The number of alkyl halides is 3. The number of imide groups is 1. The molecule has 5 aromatic rings. The van der Waals surface area contributed by atoms with Gasteiger partial charge in [0.05, 0.1) is 16.1 Å². The second-order valence-electron chi connectivity index (χ2n) is 24.4. The van der Waals surface area contributed by atoms with Gasteiger partial charge in [0.1, 0.15) is 10.9 Å². The Morgan fingerprint density at radius 2 is 1.54 bits per heavy atom. The lowest BCUT2D eigenvalue weighted by Crippen LogP contribution is -2.53. The number of sulfonamides is 1. The molecule has 3 unspecified atom stereocenters. The summed E-state index contributed by atoms with van der Waals surface area (Å²) in [5, 5.41) is 6.13. The van der Waals surface area contributed by atoms with E-state index in [0.29, 0.717) is 72.6 Å². The third kappa shape index (κ3) is 14.1. The summed E-state index contributed by atoms with van der Waals surface area (Å²) in [6.45, 7) is 11.3. The van der Waals surface area contributed by atoms with E-state index in [0.717, 1.165) is 85.6 Å². The van der Waals surface area contributed by atoms with E-state index in [-0.39, 0.29) is 54.3 Å². The molecule has 4 saturated heterocycles. The van der Waals surface area contributed by atoms with E-state index in [4.69, 9.17) is 11.6 Å². The minimum atomic E-state index is -6.15. The van der Waals surface area contributed by atoms with E-state index in [1.54, 1.807) is 12.1 Å². The lowest BCUT2D eigenvalue weighted by atomic mass is 9.73. The number of hydrogen-bond donors (Lipinski definition) is 3. The third-order valence-electron chi connectivity index (χ3n) is 17.8. The van der Waals surface area contributed by atoms with Crippen LogP contribution in [0.5, 0.6) is 0 Å². The molecule has 5 aliphatic heterocycles. The summed E-state index contributed by atoms with van der Waals surface area (Å²) < 4.78 is 101. The number of anilines is 2. The molecule has 3 N–H and O–H groups in total. The number of sulfone groups is 1. The van der Waals surface area contributed by atoms with Gasteiger partial charge in [0.15, 0.2) is 0 Å². The van der Waals surface area contributed by atoms with Crippen molar-refractivity contribution in [1.82, 2.24) is 29.6 Å². The number of carbonyl (C=O) groups excluding carboxylic acids is 4. The first kappa shape index (κ1) is 62.8. The Kier molecular flexibility index (Phi) is 18.5. The first-order chi connectivity index (χ1) is 41.4. The number of amides is 4. The molecular formula is C63H69BrClF3N8O8S3. The van der Waals surface area contributed by atoms with Crippen LogP contribution in [-0.4, -0.2) is 148 Å². The van der Waals surface area contributed by atoms with E-state index in [2.05, 4.69) is 72.1 Å². The number of piperazine rings is 2. The highest BCUT2D eigenvalue weighted by atomic mass is 79.9. The number of benzene rings is 5. The van der Waals surface area contributed by atoms with Gasteiger partial charge in [-0.1, -0.05) is 67.4 Å². The van der Waals surface area contributed by atoms with Crippen LogP contribution in [0.4, 0.5) is 24.5 Å². The number of carbonyl (C=O) groups is 4. The smallest absolute Gasteiger partial charge is 0.380 e. The molecule has 1 aliphatic carbocycles. The first-order valence-electron chi connectivity index (χ1n) is 29.3. The fourth-order valence-corrected chi connectivity index (χ4v) is 17.1. The summed E-state index contributed by atoms with van der Waals surface area (Å²) in [5.41, 5.74) is 1.11. The van der Waals surface area contributed by atoms with Crippen molar-refractivity contribution >= 4 is 99.7 Å². The van der Waals surface area contributed by atoms with E-state index < -0.39 is 64.7 Å². The number of nitrogens with one attached hydrogen (secondary N) is 3. The van der Waals surface area contributed by atoms with Crippen molar-refractivity contribution in [2.45, 2.75) is 123 Å². The molecule has 2 bridgehead atoms. The highest BCUT2D eigenvalue weighted by Gasteiger charge is 2.49. The molecular weight excluding hydrogens is 1270 g/mol. The number of likely N-dealkylation sites (tertiary alicyclic amines) is 1. The van der Waals surface area contributed by atoms with Crippen molar-refractivity contribution < 1.29 is 49.2 Å². The molecule has 0 saturated carbocycles. The topological polar surface area (TPSA) is 189 Å². The van der Waals surface area contributed by atoms with Crippen LogP contribution in [0, 0.1) is 5.41 Å². The van der Waals surface area contributed by atoms with Gasteiger partial charge in [0.2, 0.25) is 11.8 Å². The summed E-state index contributed by atoms with van der Waals surface area (Å²) in [4.78, 5) is 61.4. The molecule has 0 aromatic heterocycles. The Bertz CT molecular complexity index is 3710. The molecule has 4 atom stereocenters. The average Bonchev–Trinajstić information content (AvgIpc) is 2.02. The molecule has 462 valence electrons. The summed E-state index contributed by atoms with van der Waals surface area (Å²) in [6.07, 6.45) is 5.79. The van der Waals surface area contributed by atoms with Crippen LogP contribution in [0.25, 0.3) is 5.57 Å². The maximum absolute atomic E-state index is 14.6. The second kappa shape index (κ2) is 25.6. The molecule has 24 heteroatoms. The van der Waals surface area contributed by atoms with Crippen LogP contribution in [0.15, 0.2) is 134 Å². The lowest BCUT2D eigenvalue weighted by Gasteiger charge is -2.41. The first-order valence-corrected chi connectivity index (χ1v) is 34.5. The Hall–Kier alpha value is -5.79. The summed E-state index contributed by atoms with van der Waals surface area (Å²) in [6, 6.07) is 29.2. The van der Waals surface area contributed by atoms with Crippen molar-refractivity contribution in [2.75, 3.05) is 68.3 Å². The van der Waals surface area contributed by atoms with Gasteiger partial charge in [0.25, 0.3) is 31.7 Å². The molecule has 16 nitrogen and oxygen atoms in total. The zero-order chi connectivity index (χ0) is 61.6. The number of fused-ring (bicyclic) bond motifs is 3. The van der Waals surface area contributed by atoms with Gasteiger partial charge in [-0.25, -0.2) is 21.6 Å². The van der Waals surface area contributed by atoms with Crippen LogP contribution in [-0.2, 0) is 42.5 Å². The number of allylic oxidation sites excluding steroid dienone is 1. The highest BCUT2D eigenvalue weighted by molar-refractivity contribution is 9.10. The zero-order valence-corrected chi connectivity index (χ0v) is 53.0. The molecule has 4 fully saturated rings. The van der Waals surface area contributed by atoms with Gasteiger partial charge in [-0.2, -0.15) is 13.2 Å². The van der Waals surface area contributed by atoms with Crippen LogP contribution >= 0.6 is 39.3 Å². The van der Waals surface area contributed by atoms with Gasteiger partial charge < -0.3 is 20.0 Å². The van der Waals surface area contributed by atoms with Crippen LogP contribution < -0.4 is 20.3 Å². The molecule has 0 spiro atoms. The number of halogens is 5. The van der Waals surface area contributed by atoms with Crippen molar-refractivity contribution in [1.29, 1.82) is 0 Å². The molecule has 87 heavy (non-hydrogen) atoms. The molecule has 5 heterocycles. The number of rotatable bonds is 19. The predicted molar refractivity (Wildman–Crippen MR) is 334 cm³/mol. The molecule has 0 radical (unpaired) electrons. The Morgan fingerprint density at radius 1 is 0.839 bits per heavy atom. The SMILES string of the molecule is CC1(C)CCC(c2ccc(Cl)cc2)=C(CN2CCN(c3ccc(C(=O)NS(=O)(=O)c4ccc(N[C@H](CCN5CC6CCC(C5)N6Cc5cc(Br)c6c(c5)CN(C5CCC(=O)NC5=O)C6=O)CSc5ccccc5)c(S(=O)(=O)C(F)(F)F)c4)cc3)CC2)C1.